The summed E-state index contributed by atoms with van der Waals surface area (Å²) >= 11 is 1.31. The van der Waals surface area contributed by atoms with Gasteiger partial charge < -0.3 is 10.4 Å². The van der Waals surface area contributed by atoms with Gasteiger partial charge >= 0.3 is 6.09 Å². The Bertz CT molecular complexity index is 520. The molecule has 1 rings (SSSR count). The van der Waals surface area contributed by atoms with Gasteiger partial charge in [0.25, 0.3) is 5.91 Å². The number of amides is 2. The highest BCUT2D eigenvalue weighted by atomic mass is 32.1. The van der Waals surface area contributed by atoms with Crippen LogP contribution in [0.15, 0.2) is 5.38 Å². The van der Waals surface area contributed by atoms with E-state index in [-0.39, 0.29) is 17.9 Å². The van der Waals surface area contributed by atoms with Crippen LogP contribution in [-0.4, -0.2) is 39.6 Å². The highest BCUT2D eigenvalue weighted by molar-refractivity contribution is 7.09. The molecule has 1 aromatic rings. The van der Waals surface area contributed by atoms with E-state index in [0.717, 1.165) is 0 Å². The van der Waals surface area contributed by atoms with Gasteiger partial charge in [0.1, 0.15) is 10.7 Å². The molecule has 1 heterocycles. The first kappa shape index (κ1) is 17.4. The summed E-state index contributed by atoms with van der Waals surface area (Å²) in [5, 5.41) is 14.4. The van der Waals surface area contributed by atoms with Gasteiger partial charge in [0.15, 0.2) is 0 Å². The van der Waals surface area contributed by atoms with Gasteiger partial charge in [-0.05, 0) is 26.7 Å². The molecule has 1 unspecified atom stereocenters. The number of hydrogen-bond donors (Lipinski definition) is 2. The molecule has 21 heavy (non-hydrogen) atoms. The van der Waals surface area contributed by atoms with Gasteiger partial charge in [-0.3, -0.25) is 9.69 Å². The highest BCUT2D eigenvalue weighted by Crippen LogP contribution is 2.35. The zero-order chi connectivity index (χ0) is 16.4. The number of rotatable bonds is 4. The van der Waals surface area contributed by atoms with Crippen LogP contribution in [0.25, 0.3) is 0 Å². The van der Waals surface area contributed by atoms with Crippen LogP contribution in [0.2, 0.25) is 0 Å². The average molecular weight is 313 g/mol. The first-order valence-electron chi connectivity index (χ1n) is 6.79. The van der Waals surface area contributed by atoms with E-state index in [1.54, 1.807) is 12.4 Å². The van der Waals surface area contributed by atoms with Crippen molar-refractivity contribution in [2.24, 2.45) is 5.92 Å². The van der Waals surface area contributed by atoms with E-state index < -0.39 is 11.6 Å². The molecular formula is C14H23N3O3S. The van der Waals surface area contributed by atoms with Crippen LogP contribution in [-0.2, 0) is 0 Å². The number of carbonyl (C=O) groups excluding carboxylic acids is 1. The second-order valence-corrected chi connectivity index (χ2v) is 7.05. The van der Waals surface area contributed by atoms with Crippen molar-refractivity contribution in [3.63, 3.8) is 0 Å². The molecule has 2 amide bonds. The van der Waals surface area contributed by atoms with E-state index in [4.69, 9.17) is 0 Å². The summed E-state index contributed by atoms with van der Waals surface area (Å²) in [5.74, 6) is -0.221. The summed E-state index contributed by atoms with van der Waals surface area (Å²) < 4.78 is 0. The predicted molar refractivity (Wildman–Crippen MR) is 82.7 cm³/mol. The van der Waals surface area contributed by atoms with Crippen LogP contribution >= 0.6 is 11.3 Å². The summed E-state index contributed by atoms with van der Waals surface area (Å²) in [7, 11) is 1.54. The number of aromatic nitrogens is 1. The van der Waals surface area contributed by atoms with Gasteiger partial charge in [-0.1, -0.05) is 13.8 Å². The van der Waals surface area contributed by atoms with Gasteiger partial charge in [-0.25, -0.2) is 9.78 Å². The van der Waals surface area contributed by atoms with Gasteiger partial charge in [0, 0.05) is 18.0 Å². The summed E-state index contributed by atoms with van der Waals surface area (Å²) in [5.41, 5.74) is -0.234. The van der Waals surface area contributed by atoms with Crippen LogP contribution in [0.3, 0.4) is 0 Å². The number of thiazole rings is 1. The fourth-order valence-electron chi connectivity index (χ4n) is 2.17. The SMILES string of the molecule is CNC(=O)c1csc(C(C(C)C)N(C(=O)O)C(C)(C)C)n1. The lowest BCUT2D eigenvalue weighted by Gasteiger charge is -2.40. The summed E-state index contributed by atoms with van der Waals surface area (Å²) in [6.07, 6.45) is -0.988. The van der Waals surface area contributed by atoms with Crippen molar-refractivity contribution in [1.82, 2.24) is 15.2 Å². The van der Waals surface area contributed by atoms with Crippen molar-refractivity contribution in [2.45, 2.75) is 46.2 Å². The molecule has 1 atom stereocenters. The Balaban J connectivity index is 3.26. The van der Waals surface area contributed by atoms with Crippen LogP contribution in [0.1, 0.15) is 56.2 Å². The number of nitrogens with one attached hydrogen (secondary N) is 1. The topological polar surface area (TPSA) is 82.5 Å². The van der Waals surface area contributed by atoms with E-state index in [9.17, 15) is 14.7 Å². The molecule has 1 aromatic heterocycles. The van der Waals surface area contributed by atoms with Crippen LogP contribution in [0.5, 0.6) is 0 Å². The Labute approximate surface area is 129 Å². The maximum atomic E-state index is 11.7. The van der Waals surface area contributed by atoms with Gasteiger partial charge in [-0.2, -0.15) is 0 Å². The second kappa shape index (κ2) is 6.43. The number of carboxylic acid groups (broad SMARTS) is 1. The van der Waals surface area contributed by atoms with Crippen molar-refractivity contribution in [1.29, 1.82) is 0 Å². The molecule has 6 nitrogen and oxygen atoms in total. The van der Waals surface area contributed by atoms with Crippen LogP contribution in [0.4, 0.5) is 4.79 Å². The highest BCUT2D eigenvalue weighted by Gasteiger charge is 2.37. The molecule has 0 aromatic carbocycles. The first-order chi connectivity index (χ1) is 9.59. The van der Waals surface area contributed by atoms with Crippen molar-refractivity contribution >= 4 is 23.3 Å². The molecule has 2 N–H and O–H groups in total. The summed E-state index contributed by atoms with van der Waals surface area (Å²) in [6, 6.07) is -0.383. The lowest BCUT2D eigenvalue weighted by atomic mass is 9.97. The van der Waals surface area contributed by atoms with E-state index in [2.05, 4.69) is 10.3 Å². The molecule has 118 valence electrons. The molecule has 0 aliphatic carbocycles. The third kappa shape index (κ3) is 3.93. The van der Waals surface area contributed by atoms with Crippen molar-refractivity contribution in [2.75, 3.05) is 7.05 Å². The minimum Gasteiger partial charge on any atom is -0.465 e. The molecule has 7 heteroatoms. The quantitative estimate of drug-likeness (QED) is 0.895. The minimum absolute atomic E-state index is 0.0454. The van der Waals surface area contributed by atoms with E-state index in [1.807, 2.05) is 34.6 Å². The number of hydrogen-bond acceptors (Lipinski definition) is 4. The predicted octanol–water partition coefficient (Wildman–Crippen LogP) is 2.98. The second-order valence-electron chi connectivity index (χ2n) is 6.16. The Morgan fingerprint density at radius 3 is 2.33 bits per heavy atom. The monoisotopic (exact) mass is 313 g/mol. The molecule has 0 aliphatic heterocycles. The van der Waals surface area contributed by atoms with Gasteiger partial charge in [0.05, 0.1) is 6.04 Å². The van der Waals surface area contributed by atoms with Crippen LogP contribution < -0.4 is 5.32 Å². The van der Waals surface area contributed by atoms with Crippen LogP contribution in [0, 0.1) is 5.92 Å². The Morgan fingerprint density at radius 1 is 1.38 bits per heavy atom. The maximum absolute atomic E-state index is 11.7. The molecule has 0 saturated heterocycles. The zero-order valence-corrected chi connectivity index (χ0v) is 14.1. The lowest BCUT2D eigenvalue weighted by Crippen LogP contribution is -2.48. The molecule has 0 spiro atoms. The zero-order valence-electron chi connectivity index (χ0n) is 13.3. The fourth-order valence-corrected chi connectivity index (χ4v) is 3.23. The van der Waals surface area contributed by atoms with Crippen molar-refractivity contribution in [3.05, 3.63) is 16.1 Å². The molecule has 0 saturated carbocycles. The Morgan fingerprint density at radius 2 is 1.95 bits per heavy atom. The van der Waals surface area contributed by atoms with Gasteiger partial charge in [0.2, 0.25) is 0 Å². The number of nitrogens with zero attached hydrogens (tertiary/aromatic N) is 2. The van der Waals surface area contributed by atoms with Crippen molar-refractivity contribution in [3.8, 4) is 0 Å². The Kier molecular flexibility index (Phi) is 5.33. The normalized spacial score (nSPS) is 13.1. The largest absolute Gasteiger partial charge is 0.465 e. The van der Waals surface area contributed by atoms with Gasteiger partial charge in [-0.15, -0.1) is 11.3 Å². The standard InChI is InChI=1S/C14H23N3O3S/c1-8(2)10(17(13(19)20)14(3,4)5)12-16-9(7-21-12)11(18)15-6/h7-8,10H,1-6H3,(H,15,18)(H,19,20). The van der Waals surface area contributed by atoms with Crippen molar-refractivity contribution < 1.29 is 14.7 Å². The molecule has 0 aliphatic rings. The molecular weight excluding hydrogens is 290 g/mol. The fraction of sp³-hybridized carbons (Fsp3) is 0.643. The minimum atomic E-state index is -0.988. The first-order valence-corrected chi connectivity index (χ1v) is 7.67. The Hall–Kier alpha value is -1.63. The molecule has 0 radical (unpaired) electrons. The molecule has 0 fully saturated rings. The third-order valence-corrected chi connectivity index (χ3v) is 3.99. The lowest BCUT2D eigenvalue weighted by molar-refractivity contribution is 0.0534. The number of carbonyl (C=O) groups is 2. The van der Waals surface area contributed by atoms with E-state index >= 15 is 0 Å². The van der Waals surface area contributed by atoms with E-state index in [0.29, 0.717) is 10.7 Å². The summed E-state index contributed by atoms with van der Waals surface area (Å²) in [6.45, 7) is 9.46. The smallest absolute Gasteiger partial charge is 0.408 e. The third-order valence-electron chi connectivity index (χ3n) is 3.07. The van der Waals surface area contributed by atoms with E-state index in [1.165, 1.54) is 16.2 Å². The summed E-state index contributed by atoms with van der Waals surface area (Å²) in [4.78, 5) is 29.0. The maximum Gasteiger partial charge on any atom is 0.408 e. The molecule has 0 bridgehead atoms. The average Bonchev–Trinajstić information content (AvgIpc) is 2.81.